The second-order valence-corrected chi connectivity index (χ2v) is 8.74. The Morgan fingerprint density at radius 1 is 1.04 bits per heavy atom. The number of carbonyl (C=O) groups is 1. The van der Waals surface area contributed by atoms with Gasteiger partial charge in [0, 0.05) is 54.4 Å². The number of nitrogens with one attached hydrogen (secondary N) is 1. The Kier molecular flexibility index (Phi) is 5.42. The van der Waals surface area contributed by atoms with Gasteiger partial charge in [0.05, 0.1) is 0 Å². The van der Waals surface area contributed by atoms with Crippen molar-refractivity contribution < 1.29 is 4.79 Å². The molecule has 1 N–H and O–H groups in total. The van der Waals surface area contributed by atoms with Crippen LogP contribution in [0.3, 0.4) is 0 Å². The van der Waals surface area contributed by atoms with Crippen LogP contribution < -0.4 is 5.32 Å². The smallest absolute Gasteiger partial charge is 0.226 e. The fourth-order valence-electron chi connectivity index (χ4n) is 4.59. The summed E-state index contributed by atoms with van der Waals surface area (Å²) in [4.78, 5) is 17.8. The molecule has 0 aromatic heterocycles. The Balaban J connectivity index is 1.26. The van der Waals surface area contributed by atoms with Gasteiger partial charge >= 0.3 is 0 Å². The van der Waals surface area contributed by atoms with E-state index in [9.17, 15) is 4.79 Å². The molecule has 0 radical (unpaired) electrons. The molecule has 5 heteroatoms. The van der Waals surface area contributed by atoms with Crippen LogP contribution in [0.4, 0.5) is 5.69 Å². The average molecular weight is 376 g/mol. The predicted octanol–water partition coefficient (Wildman–Crippen LogP) is 4.01. The summed E-state index contributed by atoms with van der Waals surface area (Å²) in [6.07, 6.45) is 6.83. The normalized spacial score (nSPS) is 30.2. The van der Waals surface area contributed by atoms with Crippen LogP contribution in [0.2, 0.25) is 5.02 Å². The summed E-state index contributed by atoms with van der Waals surface area (Å²) >= 11 is 5.95. The number of halogens is 1. The van der Waals surface area contributed by atoms with E-state index in [1.54, 1.807) is 0 Å². The van der Waals surface area contributed by atoms with Gasteiger partial charge in [-0.25, -0.2) is 0 Å². The molecular formula is C21H30ClN3O. The minimum absolute atomic E-state index is 0.216. The maximum Gasteiger partial charge on any atom is 0.226 e. The minimum Gasteiger partial charge on any atom is -0.382 e. The lowest BCUT2D eigenvalue weighted by Crippen LogP contribution is -2.56. The van der Waals surface area contributed by atoms with Crippen LogP contribution in [-0.2, 0) is 4.79 Å². The van der Waals surface area contributed by atoms with E-state index in [1.165, 1.54) is 12.8 Å². The summed E-state index contributed by atoms with van der Waals surface area (Å²) < 4.78 is 0. The van der Waals surface area contributed by atoms with E-state index in [2.05, 4.69) is 22.0 Å². The van der Waals surface area contributed by atoms with Gasteiger partial charge in [0.15, 0.2) is 0 Å². The molecule has 3 fully saturated rings. The van der Waals surface area contributed by atoms with Crippen LogP contribution in [0.1, 0.15) is 45.4 Å². The number of piperazine rings is 1. The molecule has 1 aromatic rings. The van der Waals surface area contributed by atoms with Gasteiger partial charge in [0.2, 0.25) is 5.91 Å². The average Bonchev–Trinajstić information content (AvgIpc) is 3.49. The third kappa shape index (κ3) is 4.17. The van der Waals surface area contributed by atoms with Gasteiger partial charge in [-0.05, 0) is 69.7 Å². The lowest BCUT2D eigenvalue weighted by molar-refractivity contribution is -0.141. The largest absolute Gasteiger partial charge is 0.382 e. The molecule has 2 aliphatic carbocycles. The molecule has 1 unspecified atom stereocenters. The molecule has 1 heterocycles. The highest BCUT2D eigenvalue weighted by molar-refractivity contribution is 6.30. The minimum atomic E-state index is 0.216. The highest BCUT2D eigenvalue weighted by Crippen LogP contribution is 2.32. The van der Waals surface area contributed by atoms with E-state index >= 15 is 0 Å². The Bertz CT molecular complexity index is 623. The first kappa shape index (κ1) is 18.1. The summed E-state index contributed by atoms with van der Waals surface area (Å²) in [6, 6.07) is 9.53. The van der Waals surface area contributed by atoms with Crippen molar-refractivity contribution in [3.63, 3.8) is 0 Å². The molecule has 1 saturated heterocycles. The van der Waals surface area contributed by atoms with Gasteiger partial charge in [-0.3, -0.25) is 9.69 Å². The molecule has 2 saturated carbocycles. The van der Waals surface area contributed by atoms with Crippen molar-refractivity contribution in [1.82, 2.24) is 9.80 Å². The van der Waals surface area contributed by atoms with E-state index in [1.807, 2.05) is 24.3 Å². The van der Waals surface area contributed by atoms with Crippen molar-refractivity contribution in [3.05, 3.63) is 29.3 Å². The summed E-state index contributed by atoms with van der Waals surface area (Å²) in [5.41, 5.74) is 1.12. The van der Waals surface area contributed by atoms with Crippen LogP contribution in [0.5, 0.6) is 0 Å². The van der Waals surface area contributed by atoms with E-state index in [4.69, 9.17) is 11.6 Å². The first-order valence-corrected chi connectivity index (χ1v) is 10.5. The zero-order valence-electron chi connectivity index (χ0n) is 15.7. The van der Waals surface area contributed by atoms with Gasteiger partial charge in [-0.15, -0.1) is 0 Å². The Morgan fingerprint density at radius 3 is 2.35 bits per heavy atom. The van der Waals surface area contributed by atoms with E-state index < -0.39 is 0 Å². The molecule has 26 heavy (non-hydrogen) atoms. The van der Waals surface area contributed by atoms with Crippen LogP contribution in [-0.4, -0.2) is 53.5 Å². The lowest BCUT2D eigenvalue weighted by atomic mass is 9.84. The van der Waals surface area contributed by atoms with Crippen molar-refractivity contribution >= 4 is 23.2 Å². The molecule has 1 atom stereocenters. The van der Waals surface area contributed by atoms with Gasteiger partial charge in [0.1, 0.15) is 0 Å². The molecule has 3 aliphatic rings. The van der Waals surface area contributed by atoms with E-state index in [-0.39, 0.29) is 5.92 Å². The second-order valence-electron chi connectivity index (χ2n) is 8.31. The van der Waals surface area contributed by atoms with Crippen LogP contribution in [0, 0.1) is 5.92 Å². The lowest BCUT2D eigenvalue weighted by Gasteiger charge is -2.42. The third-order valence-corrected chi connectivity index (χ3v) is 6.55. The summed E-state index contributed by atoms with van der Waals surface area (Å²) in [6.45, 7) is 5.26. The zero-order valence-corrected chi connectivity index (χ0v) is 16.4. The van der Waals surface area contributed by atoms with Gasteiger partial charge in [-0.2, -0.15) is 0 Å². The van der Waals surface area contributed by atoms with Crippen LogP contribution in [0.15, 0.2) is 24.3 Å². The highest BCUT2D eigenvalue weighted by Gasteiger charge is 2.37. The molecular weight excluding hydrogens is 346 g/mol. The van der Waals surface area contributed by atoms with E-state index in [0.29, 0.717) is 18.0 Å². The van der Waals surface area contributed by atoms with Gasteiger partial charge in [-0.1, -0.05) is 11.6 Å². The number of carbonyl (C=O) groups excluding carboxylic acids is 1. The summed E-state index contributed by atoms with van der Waals surface area (Å²) in [5.74, 6) is 0.617. The first-order chi connectivity index (χ1) is 12.6. The molecule has 4 nitrogen and oxygen atoms in total. The van der Waals surface area contributed by atoms with Crippen LogP contribution in [0.25, 0.3) is 0 Å². The van der Waals surface area contributed by atoms with Crippen molar-refractivity contribution in [3.8, 4) is 0 Å². The quantitative estimate of drug-likeness (QED) is 0.863. The predicted molar refractivity (Wildman–Crippen MR) is 107 cm³/mol. The van der Waals surface area contributed by atoms with Crippen molar-refractivity contribution in [1.29, 1.82) is 0 Å². The maximum atomic E-state index is 13.0. The SMILES string of the molecule is CC1CN(C2CC2)CCN1C(=O)C1CCC(Nc2ccc(Cl)cc2)CC1. The zero-order chi connectivity index (χ0) is 18.1. The monoisotopic (exact) mass is 375 g/mol. The van der Waals surface area contributed by atoms with Crippen molar-refractivity contribution in [2.24, 2.45) is 5.92 Å². The molecule has 4 rings (SSSR count). The fourth-order valence-corrected chi connectivity index (χ4v) is 4.71. The number of benzene rings is 1. The number of nitrogens with zero attached hydrogens (tertiary/aromatic N) is 2. The molecule has 142 valence electrons. The van der Waals surface area contributed by atoms with Gasteiger partial charge < -0.3 is 10.2 Å². The molecule has 0 spiro atoms. The molecule has 1 aliphatic heterocycles. The third-order valence-electron chi connectivity index (χ3n) is 6.30. The topological polar surface area (TPSA) is 35.6 Å². The standard InChI is InChI=1S/C21H30ClN3O/c1-15-14-24(20-10-11-20)12-13-25(15)21(26)16-2-6-18(7-3-16)23-19-8-4-17(22)5-9-19/h4-5,8-9,15-16,18,20,23H,2-3,6-7,10-14H2,1H3. The maximum absolute atomic E-state index is 13.0. The first-order valence-electron chi connectivity index (χ1n) is 10.2. The Hall–Kier alpha value is -1.26. The highest BCUT2D eigenvalue weighted by atomic mass is 35.5. The Morgan fingerprint density at radius 2 is 1.73 bits per heavy atom. The van der Waals surface area contributed by atoms with Gasteiger partial charge in [0.25, 0.3) is 0 Å². The van der Waals surface area contributed by atoms with E-state index in [0.717, 1.165) is 62.1 Å². The number of hydrogen-bond acceptors (Lipinski definition) is 3. The number of rotatable bonds is 4. The number of amides is 1. The van der Waals surface area contributed by atoms with Crippen LogP contribution >= 0.6 is 11.6 Å². The second kappa shape index (κ2) is 7.77. The molecule has 1 aromatic carbocycles. The van der Waals surface area contributed by atoms with Crippen molar-refractivity contribution in [2.75, 3.05) is 25.0 Å². The Labute approximate surface area is 161 Å². The fraction of sp³-hybridized carbons (Fsp3) is 0.667. The molecule has 0 bridgehead atoms. The molecule has 1 amide bonds. The number of hydrogen-bond donors (Lipinski definition) is 1. The summed E-state index contributed by atoms with van der Waals surface area (Å²) in [5, 5.41) is 4.36. The number of anilines is 1. The van der Waals surface area contributed by atoms with Crippen molar-refractivity contribution in [2.45, 2.75) is 63.6 Å². The summed E-state index contributed by atoms with van der Waals surface area (Å²) in [7, 11) is 0.